The molecule has 50 valence electrons. The van der Waals surface area contributed by atoms with E-state index in [0.29, 0.717) is 0 Å². The van der Waals surface area contributed by atoms with E-state index in [0.717, 1.165) is 5.69 Å². The second-order valence-electron chi connectivity index (χ2n) is 1.87. The minimum Gasteiger partial charge on any atom is -0.319 e. The Morgan fingerprint density at radius 3 is 2.67 bits per heavy atom. The van der Waals surface area contributed by atoms with Crippen LogP contribution in [-0.2, 0) is 7.05 Å². The van der Waals surface area contributed by atoms with E-state index in [1.807, 2.05) is 14.0 Å². The van der Waals surface area contributed by atoms with Crippen molar-refractivity contribution in [3.63, 3.8) is 0 Å². The molecule has 1 aromatic rings. The van der Waals surface area contributed by atoms with Crippen molar-refractivity contribution in [1.82, 2.24) is 10.1 Å². The Balaban J connectivity index is 2.98. The Morgan fingerprint density at radius 2 is 2.44 bits per heavy atom. The summed E-state index contributed by atoms with van der Waals surface area (Å²) in [6.45, 7) is 1.96. The number of aromatic nitrogens is 3. The summed E-state index contributed by atoms with van der Waals surface area (Å²) in [5.41, 5.74) is 1.07. The minimum absolute atomic E-state index is 1.07. The summed E-state index contributed by atoms with van der Waals surface area (Å²) in [4.78, 5) is 6.21. The lowest BCUT2D eigenvalue weighted by atomic mass is 10.6. The first-order valence-corrected chi connectivity index (χ1v) is 2.71. The molecule has 0 saturated heterocycles. The number of hydrogen-bond donors (Lipinski definition) is 0. The van der Waals surface area contributed by atoms with E-state index in [1.54, 1.807) is 18.0 Å². The SMILES string of the molecule is COn1cc(C)[n+](C)n1. The molecule has 0 fully saturated rings. The fraction of sp³-hybridized carbons (Fsp3) is 0.600. The number of nitrogens with zero attached hydrogens (tertiary/aromatic N) is 3. The van der Waals surface area contributed by atoms with Crippen LogP contribution in [0, 0.1) is 6.92 Å². The Morgan fingerprint density at radius 1 is 1.78 bits per heavy atom. The summed E-state index contributed by atoms with van der Waals surface area (Å²) in [6.07, 6.45) is 1.81. The second kappa shape index (κ2) is 2.05. The van der Waals surface area contributed by atoms with Gasteiger partial charge in [0.2, 0.25) is 6.20 Å². The van der Waals surface area contributed by atoms with Crippen molar-refractivity contribution < 1.29 is 9.52 Å². The van der Waals surface area contributed by atoms with Crippen molar-refractivity contribution in [3.8, 4) is 0 Å². The molecular formula is C5H10N3O+. The van der Waals surface area contributed by atoms with Crippen molar-refractivity contribution in [3.05, 3.63) is 11.9 Å². The van der Waals surface area contributed by atoms with E-state index in [9.17, 15) is 0 Å². The van der Waals surface area contributed by atoms with Gasteiger partial charge in [-0.05, 0) is 0 Å². The Kier molecular flexibility index (Phi) is 1.38. The molecule has 0 bridgehead atoms. The summed E-state index contributed by atoms with van der Waals surface area (Å²) in [5.74, 6) is 0. The van der Waals surface area contributed by atoms with Gasteiger partial charge in [-0.15, -0.1) is 4.68 Å². The van der Waals surface area contributed by atoms with Gasteiger partial charge in [-0.1, -0.05) is 0 Å². The van der Waals surface area contributed by atoms with Crippen molar-refractivity contribution in [2.24, 2.45) is 7.05 Å². The highest BCUT2D eigenvalue weighted by atomic mass is 16.7. The van der Waals surface area contributed by atoms with Gasteiger partial charge >= 0.3 is 0 Å². The van der Waals surface area contributed by atoms with Gasteiger partial charge in [-0.25, -0.2) is 0 Å². The average molecular weight is 128 g/mol. The average Bonchev–Trinajstić information content (AvgIpc) is 2.13. The molecule has 0 N–H and O–H groups in total. The molecule has 0 aliphatic rings. The van der Waals surface area contributed by atoms with E-state index >= 15 is 0 Å². The molecule has 0 aromatic carbocycles. The molecule has 0 spiro atoms. The molecule has 1 rings (SSSR count). The Bertz CT molecular complexity index is 186. The second-order valence-corrected chi connectivity index (χ2v) is 1.87. The maximum absolute atomic E-state index is 4.80. The normalized spacial score (nSPS) is 9.67. The minimum atomic E-state index is 1.07. The van der Waals surface area contributed by atoms with Gasteiger partial charge in [0.15, 0.2) is 5.69 Å². The highest BCUT2D eigenvalue weighted by Crippen LogP contribution is 1.81. The molecule has 0 radical (unpaired) electrons. The lowest BCUT2D eigenvalue weighted by Crippen LogP contribution is -2.34. The van der Waals surface area contributed by atoms with Crippen LogP contribution in [-0.4, -0.2) is 17.2 Å². The van der Waals surface area contributed by atoms with E-state index in [-0.39, 0.29) is 0 Å². The number of aryl methyl sites for hydroxylation is 2. The fourth-order valence-corrected chi connectivity index (χ4v) is 0.561. The van der Waals surface area contributed by atoms with Crippen LogP contribution in [0.4, 0.5) is 0 Å². The van der Waals surface area contributed by atoms with Gasteiger partial charge in [0.1, 0.15) is 19.4 Å². The van der Waals surface area contributed by atoms with Gasteiger partial charge < -0.3 is 4.84 Å². The zero-order valence-electron chi connectivity index (χ0n) is 5.83. The molecule has 0 aliphatic carbocycles. The molecule has 0 amide bonds. The first kappa shape index (κ1) is 6.07. The lowest BCUT2D eigenvalue weighted by molar-refractivity contribution is -0.739. The van der Waals surface area contributed by atoms with E-state index in [4.69, 9.17) is 4.84 Å². The van der Waals surface area contributed by atoms with Gasteiger partial charge in [-0.3, -0.25) is 0 Å². The van der Waals surface area contributed by atoms with Gasteiger partial charge in [0.25, 0.3) is 0 Å². The maximum Gasteiger partial charge on any atom is 0.207 e. The third kappa shape index (κ3) is 1.01. The van der Waals surface area contributed by atoms with Crippen molar-refractivity contribution in [2.45, 2.75) is 6.92 Å². The van der Waals surface area contributed by atoms with E-state index in [2.05, 4.69) is 5.21 Å². The molecule has 0 unspecified atom stereocenters. The van der Waals surface area contributed by atoms with Crippen molar-refractivity contribution >= 4 is 0 Å². The maximum atomic E-state index is 4.80. The van der Waals surface area contributed by atoms with Crippen LogP contribution in [0.5, 0.6) is 0 Å². The predicted octanol–water partition coefficient (Wildman–Crippen LogP) is -0.926. The van der Waals surface area contributed by atoms with E-state index < -0.39 is 0 Å². The van der Waals surface area contributed by atoms with Crippen LogP contribution in [0.15, 0.2) is 6.20 Å². The summed E-state index contributed by atoms with van der Waals surface area (Å²) in [7, 11) is 3.44. The first-order chi connectivity index (χ1) is 4.24. The third-order valence-corrected chi connectivity index (χ3v) is 1.22. The molecular weight excluding hydrogens is 118 g/mol. The van der Waals surface area contributed by atoms with Crippen LogP contribution in [0.2, 0.25) is 0 Å². The smallest absolute Gasteiger partial charge is 0.207 e. The van der Waals surface area contributed by atoms with Crippen LogP contribution >= 0.6 is 0 Å². The molecule has 4 heteroatoms. The van der Waals surface area contributed by atoms with Crippen LogP contribution in [0.25, 0.3) is 0 Å². The molecule has 0 atom stereocenters. The number of rotatable bonds is 1. The van der Waals surface area contributed by atoms with Crippen molar-refractivity contribution in [2.75, 3.05) is 7.11 Å². The summed E-state index contributed by atoms with van der Waals surface area (Å²) in [6, 6.07) is 0. The zero-order chi connectivity index (χ0) is 6.85. The van der Waals surface area contributed by atoms with Gasteiger partial charge in [-0.2, -0.15) is 0 Å². The monoisotopic (exact) mass is 128 g/mol. The molecule has 0 aliphatic heterocycles. The Hall–Kier alpha value is -1.06. The molecule has 0 saturated carbocycles. The largest absolute Gasteiger partial charge is 0.319 e. The Labute approximate surface area is 53.6 Å². The summed E-state index contributed by atoms with van der Waals surface area (Å²) >= 11 is 0. The molecule has 1 aromatic heterocycles. The highest BCUT2D eigenvalue weighted by Gasteiger charge is 2.05. The summed E-state index contributed by atoms with van der Waals surface area (Å²) in [5, 5.41) is 3.94. The topological polar surface area (TPSA) is 30.9 Å². The van der Waals surface area contributed by atoms with Crippen LogP contribution in [0.1, 0.15) is 5.69 Å². The molecule has 4 nitrogen and oxygen atoms in total. The number of hydrogen-bond acceptors (Lipinski definition) is 2. The zero-order valence-corrected chi connectivity index (χ0v) is 5.83. The third-order valence-electron chi connectivity index (χ3n) is 1.22. The standard InChI is InChI=1S/C5H10N3O/c1-5-4-8(9-3)6-7(5)2/h4H,1-3H3/q+1. The predicted molar refractivity (Wildman–Crippen MR) is 30.6 cm³/mol. The van der Waals surface area contributed by atoms with Crippen molar-refractivity contribution in [1.29, 1.82) is 0 Å². The fourth-order valence-electron chi connectivity index (χ4n) is 0.561. The first-order valence-electron chi connectivity index (χ1n) is 2.71. The van der Waals surface area contributed by atoms with Crippen LogP contribution in [0.3, 0.4) is 0 Å². The van der Waals surface area contributed by atoms with E-state index in [1.165, 1.54) is 4.85 Å². The quantitative estimate of drug-likeness (QED) is 0.458. The van der Waals surface area contributed by atoms with Gasteiger partial charge in [0.05, 0.1) is 4.85 Å². The summed E-state index contributed by atoms with van der Waals surface area (Å²) < 4.78 is 1.74. The molecule has 1 heterocycles. The van der Waals surface area contributed by atoms with Gasteiger partial charge in [0, 0.05) is 6.92 Å². The highest BCUT2D eigenvalue weighted by molar-refractivity contribution is 4.77. The van der Waals surface area contributed by atoms with Crippen LogP contribution < -0.4 is 9.52 Å². The lowest BCUT2D eigenvalue weighted by Gasteiger charge is -1.80. The molecule has 9 heavy (non-hydrogen) atoms.